The van der Waals surface area contributed by atoms with E-state index in [0.717, 1.165) is 19.4 Å². The summed E-state index contributed by atoms with van der Waals surface area (Å²) in [5.74, 6) is 0. The van der Waals surface area contributed by atoms with Crippen molar-refractivity contribution in [1.82, 2.24) is 5.32 Å². The van der Waals surface area contributed by atoms with Gasteiger partial charge in [-0.25, -0.2) is 8.78 Å². The van der Waals surface area contributed by atoms with E-state index in [1.165, 1.54) is 6.07 Å². The highest BCUT2D eigenvalue weighted by molar-refractivity contribution is 6.31. The summed E-state index contributed by atoms with van der Waals surface area (Å²) in [7, 11) is 0. The lowest BCUT2D eigenvalue weighted by Crippen LogP contribution is -2.34. The molecule has 0 spiro atoms. The number of halogens is 3. The molecule has 0 aliphatic carbocycles. The summed E-state index contributed by atoms with van der Waals surface area (Å²) in [5.41, 5.74) is 0.241. The van der Waals surface area contributed by atoms with Crippen LogP contribution in [-0.2, 0) is 5.54 Å². The average molecular weight is 246 g/mol. The zero-order chi connectivity index (χ0) is 11.8. The summed E-state index contributed by atoms with van der Waals surface area (Å²) in [4.78, 5) is 0. The lowest BCUT2D eigenvalue weighted by Gasteiger charge is -2.28. The highest BCUT2D eigenvalue weighted by Gasteiger charge is 2.34. The maximum Gasteiger partial charge on any atom is 0.265 e. The van der Waals surface area contributed by atoms with Crippen molar-refractivity contribution in [2.75, 3.05) is 6.54 Å². The van der Waals surface area contributed by atoms with Gasteiger partial charge in [0.2, 0.25) is 0 Å². The lowest BCUT2D eigenvalue weighted by atomic mass is 9.87. The van der Waals surface area contributed by atoms with Crippen LogP contribution in [0.3, 0.4) is 0 Å². The Morgan fingerprint density at radius 2 is 2.19 bits per heavy atom. The van der Waals surface area contributed by atoms with E-state index in [4.69, 9.17) is 11.6 Å². The summed E-state index contributed by atoms with van der Waals surface area (Å²) in [6.45, 7) is 2.82. The molecule has 0 radical (unpaired) electrons. The average Bonchev–Trinajstić information content (AvgIpc) is 2.65. The number of hydrogen-bond donors (Lipinski definition) is 1. The minimum Gasteiger partial charge on any atom is -0.308 e. The van der Waals surface area contributed by atoms with Crippen molar-refractivity contribution in [3.05, 3.63) is 34.3 Å². The van der Waals surface area contributed by atoms with Crippen LogP contribution in [-0.4, -0.2) is 6.54 Å². The van der Waals surface area contributed by atoms with E-state index in [1.807, 2.05) is 6.92 Å². The van der Waals surface area contributed by atoms with Crippen LogP contribution in [0.5, 0.6) is 0 Å². The van der Waals surface area contributed by atoms with Crippen molar-refractivity contribution >= 4 is 11.6 Å². The second kappa shape index (κ2) is 4.30. The molecule has 1 nitrogen and oxygen atoms in total. The Kier molecular flexibility index (Phi) is 3.17. The molecule has 1 heterocycles. The summed E-state index contributed by atoms with van der Waals surface area (Å²) < 4.78 is 26.0. The number of benzene rings is 1. The number of rotatable bonds is 2. The molecule has 0 bridgehead atoms. The van der Waals surface area contributed by atoms with Crippen LogP contribution in [0.25, 0.3) is 0 Å². The van der Waals surface area contributed by atoms with E-state index in [9.17, 15) is 8.78 Å². The fourth-order valence-corrected chi connectivity index (χ4v) is 2.62. The van der Waals surface area contributed by atoms with Crippen molar-refractivity contribution in [2.24, 2.45) is 0 Å². The Hall–Kier alpha value is -0.670. The van der Waals surface area contributed by atoms with Gasteiger partial charge in [-0.3, -0.25) is 0 Å². The Morgan fingerprint density at radius 1 is 1.44 bits per heavy atom. The summed E-state index contributed by atoms with van der Waals surface area (Å²) >= 11 is 5.86. The fraction of sp³-hybridized carbons (Fsp3) is 0.500. The van der Waals surface area contributed by atoms with E-state index in [0.29, 0.717) is 5.56 Å². The Balaban J connectivity index is 2.51. The smallest absolute Gasteiger partial charge is 0.265 e. The van der Waals surface area contributed by atoms with E-state index >= 15 is 0 Å². The van der Waals surface area contributed by atoms with Gasteiger partial charge in [-0.2, -0.15) is 0 Å². The highest BCUT2D eigenvalue weighted by Crippen LogP contribution is 2.39. The van der Waals surface area contributed by atoms with Crippen molar-refractivity contribution in [2.45, 2.75) is 31.7 Å². The van der Waals surface area contributed by atoms with Crippen LogP contribution in [0, 0.1) is 0 Å². The van der Waals surface area contributed by atoms with Gasteiger partial charge < -0.3 is 5.32 Å². The second-order valence-electron chi connectivity index (χ2n) is 4.36. The molecule has 0 aromatic heterocycles. The van der Waals surface area contributed by atoms with Crippen LogP contribution < -0.4 is 5.32 Å². The molecule has 88 valence electrons. The predicted octanol–water partition coefficient (Wildman–Crippen LogP) is 3.88. The quantitative estimate of drug-likeness (QED) is 0.834. The van der Waals surface area contributed by atoms with Gasteiger partial charge in [0, 0.05) is 16.1 Å². The minimum absolute atomic E-state index is 0.0268. The zero-order valence-electron chi connectivity index (χ0n) is 9.06. The van der Waals surface area contributed by atoms with Gasteiger partial charge in [-0.1, -0.05) is 23.7 Å². The first-order chi connectivity index (χ1) is 7.54. The maximum atomic E-state index is 13.0. The van der Waals surface area contributed by atoms with Crippen molar-refractivity contribution < 1.29 is 8.78 Å². The molecule has 1 unspecified atom stereocenters. The highest BCUT2D eigenvalue weighted by atomic mass is 35.5. The Labute approximate surface area is 98.8 Å². The van der Waals surface area contributed by atoms with Crippen molar-refractivity contribution in [3.63, 3.8) is 0 Å². The van der Waals surface area contributed by atoms with Gasteiger partial charge in [0.15, 0.2) is 0 Å². The van der Waals surface area contributed by atoms with Crippen LogP contribution in [0.15, 0.2) is 18.2 Å². The van der Waals surface area contributed by atoms with E-state index in [2.05, 4.69) is 5.32 Å². The van der Waals surface area contributed by atoms with E-state index in [1.54, 1.807) is 12.1 Å². The van der Waals surface area contributed by atoms with Gasteiger partial charge in [-0.05, 0) is 37.9 Å². The molecule has 1 aliphatic heterocycles. The SMILES string of the molecule is CC1(c2cccc(Cl)c2C(F)F)CCCN1. The molecular weight excluding hydrogens is 232 g/mol. The van der Waals surface area contributed by atoms with Crippen LogP contribution in [0.1, 0.15) is 37.3 Å². The number of hydrogen-bond acceptors (Lipinski definition) is 1. The third-order valence-corrected chi connectivity index (χ3v) is 3.56. The first-order valence-electron chi connectivity index (χ1n) is 5.37. The summed E-state index contributed by atoms with van der Waals surface area (Å²) in [6.07, 6.45) is -0.651. The summed E-state index contributed by atoms with van der Waals surface area (Å²) in [5, 5.41) is 3.43. The Morgan fingerprint density at radius 3 is 2.75 bits per heavy atom. The Bertz CT molecular complexity index is 387. The number of alkyl halides is 2. The molecule has 1 aromatic carbocycles. The standard InChI is InChI=1S/C12H14ClF2N/c1-12(6-3-7-16-12)8-4-2-5-9(13)10(8)11(14)15/h2,4-5,11,16H,3,6-7H2,1H3. The fourth-order valence-electron chi connectivity index (χ4n) is 2.36. The first-order valence-corrected chi connectivity index (χ1v) is 5.74. The second-order valence-corrected chi connectivity index (χ2v) is 4.77. The van der Waals surface area contributed by atoms with Crippen LogP contribution >= 0.6 is 11.6 Å². The van der Waals surface area contributed by atoms with Crippen LogP contribution in [0.2, 0.25) is 5.02 Å². The lowest BCUT2D eigenvalue weighted by molar-refractivity contribution is 0.148. The molecule has 1 saturated heterocycles. The maximum absolute atomic E-state index is 13.0. The van der Waals surface area contributed by atoms with E-state index < -0.39 is 6.43 Å². The first kappa shape index (κ1) is 11.8. The molecule has 1 fully saturated rings. The normalized spacial score (nSPS) is 25.3. The molecule has 1 aromatic rings. The van der Waals surface area contributed by atoms with Gasteiger partial charge in [0.25, 0.3) is 6.43 Å². The minimum atomic E-state index is -2.53. The van der Waals surface area contributed by atoms with Crippen LogP contribution in [0.4, 0.5) is 8.78 Å². The van der Waals surface area contributed by atoms with E-state index in [-0.39, 0.29) is 16.1 Å². The van der Waals surface area contributed by atoms with Gasteiger partial charge in [0.1, 0.15) is 0 Å². The monoisotopic (exact) mass is 245 g/mol. The number of nitrogens with one attached hydrogen (secondary N) is 1. The predicted molar refractivity (Wildman–Crippen MR) is 61.0 cm³/mol. The largest absolute Gasteiger partial charge is 0.308 e. The third-order valence-electron chi connectivity index (χ3n) is 3.23. The topological polar surface area (TPSA) is 12.0 Å². The molecule has 4 heteroatoms. The third kappa shape index (κ3) is 1.94. The molecule has 1 N–H and O–H groups in total. The molecule has 0 saturated carbocycles. The van der Waals surface area contributed by atoms with Gasteiger partial charge >= 0.3 is 0 Å². The van der Waals surface area contributed by atoms with Crippen molar-refractivity contribution in [1.29, 1.82) is 0 Å². The molecule has 1 atom stereocenters. The molecule has 16 heavy (non-hydrogen) atoms. The zero-order valence-corrected chi connectivity index (χ0v) is 9.82. The van der Waals surface area contributed by atoms with Gasteiger partial charge in [-0.15, -0.1) is 0 Å². The van der Waals surface area contributed by atoms with Gasteiger partial charge in [0.05, 0.1) is 0 Å². The molecule has 2 rings (SSSR count). The molecule has 1 aliphatic rings. The summed E-state index contributed by atoms with van der Waals surface area (Å²) in [6, 6.07) is 4.99. The molecule has 0 amide bonds. The molecular formula is C12H14ClF2N. The van der Waals surface area contributed by atoms with Crippen molar-refractivity contribution in [3.8, 4) is 0 Å².